The van der Waals surface area contributed by atoms with Crippen molar-refractivity contribution in [2.75, 3.05) is 0 Å². The average Bonchev–Trinajstić information content (AvgIpc) is 2.38. The highest BCUT2D eigenvalue weighted by molar-refractivity contribution is 5.78. The lowest BCUT2D eigenvalue weighted by atomic mass is 9.79. The molecule has 0 N–H and O–H groups in total. The Kier molecular flexibility index (Phi) is 4.06. The van der Waals surface area contributed by atoms with Crippen LogP contribution in [0.25, 0.3) is 11.1 Å². The van der Waals surface area contributed by atoms with Gasteiger partial charge in [-0.15, -0.1) is 0 Å². The topological polar surface area (TPSA) is 0 Å². The van der Waals surface area contributed by atoms with Gasteiger partial charge in [0.25, 0.3) is 0 Å². The third-order valence-corrected chi connectivity index (χ3v) is 4.03. The van der Waals surface area contributed by atoms with Crippen molar-refractivity contribution in [3.8, 4) is 0 Å². The summed E-state index contributed by atoms with van der Waals surface area (Å²) in [5.41, 5.74) is 6.46. The van der Waals surface area contributed by atoms with E-state index in [9.17, 15) is 0 Å². The molecule has 0 heteroatoms. The summed E-state index contributed by atoms with van der Waals surface area (Å²) in [5.74, 6) is 0.727. The van der Waals surface area contributed by atoms with Gasteiger partial charge in [-0.2, -0.15) is 0 Å². The van der Waals surface area contributed by atoms with Crippen LogP contribution in [0.15, 0.2) is 31.4 Å². The molecule has 96 valence electrons. The number of hydrogen-bond donors (Lipinski definition) is 0. The van der Waals surface area contributed by atoms with Gasteiger partial charge in [-0.25, -0.2) is 0 Å². The molecule has 2 rings (SSSR count). The van der Waals surface area contributed by atoms with Crippen molar-refractivity contribution in [1.82, 2.24) is 0 Å². The Morgan fingerprint density at radius 1 is 1.00 bits per heavy atom. The van der Waals surface area contributed by atoms with E-state index in [1.807, 2.05) is 0 Å². The summed E-state index contributed by atoms with van der Waals surface area (Å²) < 4.78 is 0. The van der Waals surface area contributed by atoms with E-state index in [0.29, 0.717) is 0 Å². The van der Waals surface area contributed by atoms with Gasteiger partial charge < -0.3 is 0 Å². The van der Waals surface area contributed by atoms with Gasteiger partial charge in [-0.05, 0) is 49.3 Å². The Labute approximate surface area is 111 Å². The molecule has 0 aliphatic heterocycles. The quantitative estimate of drug-likeness (QED) is 0.626. The zero-order valence-electron chi connectivity index (χ0n) is 11.8. The molecular weight excluding hydrogens is 216 g/mol. The largest absolute Gasteiger partial charge is 0.0955 e. The third-order valence-electron chi connectivity index (χ3n) is 4.03. The molecule has 0 nitrogen and oxygen atoms in total. The van der Waals surface area contributed by atoms with Crippen LogP contribution in [-0.4, -0.2) is 0 Å². The van der Waals surface area contributed by atoms with Crippen molar-refractivity contribution in [3.63, 3.8) is 0 Å². The van der Waals surface area contributed by atoms with E-state index in [0.717, 1.165) is 11.5 Å². The van der Waals surface area contributed by atoms with Gasteiger partial charge in [0, 0.05) is 0 Å². The van der Waals surface area contributed by atoms with Crippen LogP contribution in [0.1, 0.15) is 68.6 Å². The van der Waals surface area contributed by atoms with E-state index < -0.39 is 0 Å². The Hall–Kier alpha value is -1.30. The lowest BCUT2D eigenvalue weighted by molar-refractivity contribution is 0.443. The molecule has 0 unspecified atom stereocenters. The molecule has 0 saturated heterocycles. The summed E-state index contributed by atoms with van der Waals surface area (Å²) in [4.78, 5) is 0. The maximum absolute atomic E-state index is 4.18. The maximum Gasteiger partial charge on any atom is -0.0123 e. The molecule has 0 aromatic heterocycles. The Morgan fingerprint density at radius 2 is 1.67 bits per heavy atom. The molecule has 1 fully saturated rings. The van der Waals surface area contributed by atoms with Crippen molar-refractivity contribution in [2.45, 2.75) is 51.9 Å². The minimum absolute atomic E-state index is 0.727. The summed E-state index contributed by atoms with van der Waals surface area (Å²) in [5, 5.41) is 0. The fourth-order valence-electron chi connectivity index (χ4n) is 3.16. The van der Waals surface area contributed by atoms with Crippen LogP contribution in [-0.2, 0) is 0 Å². The van der Waals surface area contributed by atoms with Gasteiger partial charge in [0.1, 0.15) is 0 Å². The van der Waals surface area contributed by atoms with Gasteiger partial charge >= 0.3 is 0 Å². The second-order valence-electron chi connectivity index (χ2n) is 5.67. The van der Waals surface area contributed by atoms with E-state index >= 15 is 0 Å². The zero-order chi connectivity index (χ0) is 13.1. The highest BCUT2D eigenvalue weighted by atomic mass is 14.2. The van der Waals surface area contributed by atoms with Gasteiger partial charge in [-0.1, -0.05) is 61.8 Å². The predicted molar refractivity (Wildman–Crippen MR) is 81.7 cm³/mol. The Morgan fingerprint density at radius 3 is 2.22 bits per heavy atom. The van der Waals surface area contributed by atoms with E-state index in [1.54, 1.807) is 0 Å². The number of hydrogen-bond acceptors (Lipinski definition) is 0. The predicted octanol–water partition coefficient (Wildman–Crippen LogP) is 5.80. The summed E-state index contributed by atoms with van der Waals surface area (Å²) in [7, 11) is 0. The zero-order valence-corrected chi connectivity index (χ0v) is 11.8. The van der Waals surface area contributed by atoms with Gasteiger partial charge in [0.05, 0.1) is 0 Å². The molecule has 1 aromatic carbocycles. The monoisotopic (exact) mass is 240 g/mol. The van der Waals surface area contributed by atoms with Crippen molar-refractivity contribution in [2.24, 2.45) is 0 Å². The van der Waals surface area contributed by atoms with Crippen LogP contribution in [0.3, 0.4) is 0 Å². The molecule has 1 aliphatic rings. The van der Waals surface area contributed by atoms with Gasteiger partial charge in [-0.3, -0.25) is 0 Å². The number of allylic oxidation sites excluding steroid dienone is 2. The van der Waals surface area contributed by atoms with Crippen LogP contribution in [0, 0.1) is 0 Å². The Bertz CT molecular complexity index is 459. The fraction of sp³-hybridized carbons (Fsp3) is 0.444. The number of rotatable bonds is 3. The van der Waals surface area contributed by atoms with Crippen LogP contribution in [0.5, 0.6) is 0 Å². The molecule has 1 aliphatic carbocycles. The average molecular weight is 240 g/mol. The summed E-state index contributed by atoms with van der Waals surface area (Å²) >= 11 is 0. The van der Waals surface area contributed by atoms with Gasteiger partial charge in [0.2, 0.25) is 0 Å². The molecule has 0 atom stereocenters. The van der Waals surface area contributed by atoms with Crippen LogP contribution < -0.4 is 0 Å². The van der Waals surface area contributed by atoms with E-state index in [4.69, 9.17) is 0 Å². The fourth-order valence-corrected chi connectivity index (χ4v) is 3.16. The third kappa shape index (κ3) is 2.58. The smallest absolute Gasteiger partial charge is 0.0123 e. The van der Waals surface area contributed by atoms with Crippen molar-refractivity contribution in [1.29, 1.82) is 0 Å². The lowest BCUT2D eigenvalue weighted by Crippen LogP contribution is -2.08. The minimum Gasteiger partial charge on any atom is -0.0955 e. The maximum atomic E-state index is 4.18. The van der Waals surface area contributed by atoms with Crippen LogP contribution >= 0.6 is 0 Å². The molecule has 0 heterocycles. The minimum atomic E-state index is 0.727. The molecule has 1 saturated carbocycles. The van der Waals surface area contributed by atoms with Crippen molar-refractivity contribution < 1.29 is 0 Å². The van der Waals surface area contributed by atoms with Crippen LogP contribution in [0.4, 0.5) is 0 Å². The molecular formula is C18H24. The number of benzene rings is 1. The first kappa shape index (κ1) is 13.1. The van der Waals surface area contributed by atoms with Crippen molar-refractivity contribution >= 4 is 11.1 Å². The van der Waals surface area contributed by atoms with E-state index in [2.05, 4.69) is 45.2 Å². The molecule has 1 aromatic rings. The highest BCUT2D eigenvalue weighted by Gasteiger charge is 2.20. The normalized spacial score (nSPS) is 16.6. The summed E-state index contributed by atoms with van der Waals surface area (Å²) in [6.07, 6.45) is 6.81. The van der Waals surface area contributed by atoms with Crippen LogP contribution in [0.2, 0.25) is 0 Å². The second-order valence-corrected chi connectivity index (χ2v) is 5.67. The SMILES string of the molecule is C=C(C)c1cccc(C2CCCCC2)c1C(=C)C. The standard InChI is InChI=1S/C18H24/c1-13(2)16-11-8-12-17(18(16)14(3)4)15-9-6-5-7-10-15/h8,11-12,15H,1,3,5-7,9-10H2,2,4H3. The summed E-state index contributed by atoms with van der Waals surface area (Å²) in [6, 6.07) is 6.66. The molecule has 0 bridgehead atoms. The second kappa shape index (κ2) is 5.56. The first-order valence-electron chi connectivity index (χ1n) is 7.06. The Balaban J connectivity index is 2.48. The van der Waals surface area contributed by atoms with E-state index in [-0.39, 0.29) is 0 Å². The first-order chi connectivity index (χ1) is 8.61. The summed E-state index contributed by atoms with van der Waals surface area (Å²) in [6.45, 7) is 12.5. The molecule has 0 spiro atoms. The first-order valence-corrected chi connectivity index (χ1v) is 7.06. The van der Waals surface area contributed by atoms with Gasteiger partial charge in [0.15, 0.2) is 0 Å². The molecule has 18 heavy (non-hydrogen) atoms. The van der Waals surface area contributed by atoms with E-state index in [1.165, 1.54) is 54.4 Å². The molecule has 0 radical (unpaired) electrons. The molecule has 0 amide bonds. The highest BCUT2D eigenvalue weighted by Crippen LogP contribution is 2.38. The van der Waals surface area contributed by atoms with Crippen molar-refractivity contribution in [3.05, 3.63) is 48.0 Å². The lowest BCUT2D eigenvalue weighted by Gasteiger charge is -2.26.